The smallest absolute Gasteiger partial charge is 0.291 e. The van der Waals surface area contributed by atoms with Crippen molar-refractivity contribution < 1.29 is 4.21 Å². The minimum atomic E-state index is -0.848. The Hall–Kier alpha value is -0.880. The summed E-state index contributed by atoms with van der Waals surface area (Å²) in [7, 11) is -0.848. The Labute approximate surface area is 119 Å². The van der Waals surface area contributed by atoms with E-state index in [1.807, 2.05) is 6.92 Å². The maximum absolute atomic E-state index is 12.2. The highest BCUT2D eigenvalue weighted by molar-refractivity contribution is 7.84. The Kier molecular flexibility index (Phi) is 4.99. The van der Waals surface area contributed by atoms with E-state index in [4.69, 9.17) is 11.6 Å². The number of halogens is 1. The molecule has 1 atom stereocenters. The van der Waals surface area contributed by atoms with Gasteiger partial charge in [0.25, 0.3) is 5.56 Å². The van der Waals surface area contributed by atoms with E-state index in [0.717, 1.165) is 12.8 Å². The summed E-state index contributed by atoms with van der Waals surface area (Å²) in [4.78, 5) is 12.2. The van der Waals surface area contributed by atoms with E-state index in [-0.39, 0.29) is 5.56 Å². The summed E-state index contributed by atoms with van der Waals surface area (Å²) in [6.45, 7) is 3.01. The van der Waals surface area contributed by atoms with E-state index in [9.17, 15) is 9.00 Å². The van der Waals surface area contributed by atoms with Crippen LogP contribution >= 0.6 is 11.6 Å². The van der Waals surface area contributed by atoms with Gasteiger partial charge < -0.3 is 5.32 Å². The van der Waals surface area contributed by atoms with Crippen molar-refractivity contribution in [1.29, 1.82) is 0 Å². The molecule has 1 saturated carbocycles. The third-order valence-electron chi connectivity index (χ3n) is 3.08. The van der Waals surface area contributed by atoms with Gasteiger partial charge in [-0.15, -0.1) is 0 Å². The normalized spacial score (nSPS) is 16.3. The Bertz CT molecular complexity index is 528. The van der Waals surface area contributed by atoms with Crippen molar-refractivity contribution in [3.05, 3.63) is 21.6 Å². The molecule has 0 aromatic carbocycles. The van der Waals surface area contributed by atoms with E-state index in [1.54, 1.807) is 0 Å². The Morgan fingerprint density at radius 1 is 1.58 bits per heavy atom. The number of rotatable bonds is 7. The fraction of sp³-hybridized carbons (Fsp3) is 0.667. The van der Waals surface area contributed by atoms with Crippen LogP contribution in [-0.2, 0) is 17.3 Å². The fourth-order valence-electron chi connectivity index (χ4n) is 1.74. The van der Waals surface area contributed by atoms with E-state index in [1.165, 1.54) is 10.9 Å². The lowest BCUT2D eigenvalue weighted by molar-refractivity contribution is 0.534. The molecule has 1 aromatic heterocycles. The molecule has 1 heterocycles. The van der Waals surface area contributed by atoms with Crippen molar-refractivity contribution in [3.8, 4) is 0 Å². The Morgan fingerprint density at radius 3 is 2.95 bits per heavy atom. The van der Waals surface area contributed by atoms with Crippen molar-refractivity contribution in [1.82, 2.24) is 9.78 Å². The first-order valence-electron chi connectivity index (χ1n) is 6.46. The highest BCUT2D eigenvalue weighted by Crippen LogP contribution is 2.30. The molecule has 106 valence electrons. The third-order valence-corrected chi connectivity index (χ3v) is 4.67. The summed E-state index contributed by atoms with van der Waals surface area (Å²) < 4.78 is 12.8. The average molecular weight is 304 g/mol. The van der Waals surface area contributed by atoms with Gasteiger partial charge in [-0.2, -0.15) is 5.10 Å². The van der Waals surface area contributed by atoms with Crippen LogP contribution in [0.4, 0.5) is 5.69 Å². The van der Waals surface area contributed by atoms with Gasteiger partial charge in [0.2, 0.25) is 0 Å². The van der Waals surface area contributed by atoms with Crippen molar-refractivity contribution in [2.24, 2.45) is 5.92 Å². The molecule has 1 fully saturated rings. The number of aromatic nitrogens is 2. The van der Waals surface area contributed by atoms with Gasteiger partial charge in [-0.25, -0.2) is 4.68 Å². The molecule has 0 spiro atoms. The second-order valence-corrected chi connectivity index (χ2v) is 6.93. The lowest BCUT2D eigenvalue weighted by Gasteiger charge is -2.10. The average Bonchev–Trinajstić information content (AvgIpc) is 3.20. The fourth-order valence-corrected chi connectivity index (χ4v) is 2.55. The van der Waals surface area contributed by atoms with Crippen molar-refractivity contribution >= 4 is 28.1 Å². The first kappa shape index (κ1) is 14.5. The van der Waals surface area contributed by atoms with Gasteiger partial charge in [-0.1, -0.05) is 18.5 Å². The van der Waals surface area contributed by atoms with Gasteiger partial charge >= 0.3 is 0 Å². The lowest BCUT2D eigenvalue weighted by Crippen LogP contribution is -2.28. The van der Waals surface area contributed by atoms with Crippen LogP contribution in [0.1, 0.15) is 19.8 Å². The standard InChI is InChI=1S/C12H18ClN3O2S/c1-2-19(18)6-5-14-11-10(13)7-15-16(12(11)17)8-9-3-4-9/h7,9,14H,2-6,8H2,1H3. The van der Waals surface area contributed by atoms with Gasteiger partial charge in [-0.3, -0.25) is 9.00 Å². The van der Waals surface area contributed by atoms with Crippen LogP contribution in [0.2, 0.25) is 5.02 Å². The van der Waals surface area contributed by atoms with E-state index < -0.39 is 10.8 Å². The van der Waals surface area contributed by atoms with Crippen molar-refractivity contribution in [3.63, 3.8) is 0 Å². The quantitative estimate of drug-likeness (QED) is 0.829. The number of hydrogen-bond donors (Lipinski definition) is 1. The summed E-state index contributed by atoms with van der Waals surface area (Å²) >= 11 is 5.99. The predicted octanol–water partition coefficient (Wildman–Crippen LogP) is 1.49. The molecule has 0 saturated heterocycles. The number of nitrogens with zero attached hydrogens (tertiary/aromatic N) is 2. The first-order chi connectivity index (χ1) is 9.11. The van der Waals surface area contributed by atoms with Crippen LogP contribution in [-0.4, -0.2) is 32.0 Å². The van der Waals surface area contributed by atoms with Crippen LogP contribution in [0.3, 0.4) is 0 Å². The molecule has 2 rings (SSSR count). The summed E-state index contributed by atoms with van der Waals surface area (Å²) in [5.74, 6) is 1.71. The Morgan fingerprint density at radius 2 is 2.32 bits per heavy atom. The van der Waals surface area contributed by atoms with Gasteiger partial charge in [0, 0.05) is 35.4 Å². The molecule has 1 aromatic rings. The van der Waals surface area contributed by atoms with E-state index >= 15 is 0 Å². The molecule has 0 amide bonds. The monoisotopic (exact) mass is 303 g/mol. The summed E-state index contributed by atoms with van der Waals surface area (Å²) in [6.07, 6.45) is 3.81. The molecular weight excluding hydrogens is 286 g/mol. The molecule has 0 bridgehead atoms. The highest BCUT2D eigenvalue weighted by Gasteiger charge is 2.23. The van der Waals surface area contributed by atoms with E-state index in [0.29, 0.717) is 41.2 Å². The molecule has 0 aliphatic heterocycles. The molecule has 1 aliphatic rings. The minimum absolute atomic E-state index is 0.193. The van der Waals surface area contributed by atoms with Gasteiger partial charge in [0.05, 0.1) is 11.2 Å². The van der Waals surface area contributed by atoms with Crippen LogP contribution in [0.25, 0.3) is 0 Å². The van der Waals surface area contributed by atoms with Gasteiger partial charge in [0.15, 0.2) is 0 Å². The maximum Gasteiger partial charge on any atom is 0.291 e. The topological polar surface area (TPSA) is 64.0 Å². The minimum Gasteiger partial charge on any atom is -0.378 e. The van der Waals surface area contributed by atoms with Crippen LogP contribution in [0.15, 0.2) is 11.0 Å². The van der Waals surface area contributed by atoms with Crippen molar-refractivity contribution in [2.75, 3.05) is 23.4 Å². The Balaban J connectivity index is 2.05. The lowest BCUT2D eigenvalue weighted by atomic mass is 10.4. The maximum atomic E-state index is 12.2. The second-order valence-electron chi connectivity index (χ2n) is 4.66. The highest BCUT2D eigenvalue weighted by atomic mass is 35.5. The summed E-state index contributed by atoms with van der Waals surface area (Å²) in [6, 6.07) is 0. The first-order valence-corrected chi connectivity index (χ1v) is 8.33. The molecule has 5 nitrogen and oxygen atoms in total. The van der Waals surface area contributed by atoms with Crippen LogP contribution < -0.4 is 10.9 Å². The zero-order valence-corrected chi connectivity index (χ0v) is 12.5. The molecule has 7 heteroatoms. The number of nitrogens with one attached hydrogen (secondary N) is 1. The van der Waals surface area contributed by atoms with E-state index in [2.05, 4.69) is 10.4 Å². The van der Waals surface area contributed by atoms with Gasteiger partial charge in [0.1, 0.15) is 5.69 Å². The third kappa shape index (κ3) is 4.04. The zero-order valence-electron chi connectivity index (χ0n) is 10.9. The summed E-state index contributed by atoms with van der Waals surface area (Å²) in [5.41, 5.74) is 0.173. The van der Waals surface area contributed by atoms with Crippen LogP contribution in [0.5, 0.6) is 0 Å². The number of anilines is 1. The van der Waals surface area contributed by atoms with Crippen LogP contribution in [0, 0.1) is 5.92 Å². The molecule has 19 heavy (non-hydrogen) atoms. The molecule has 1 N–H and O–H groups in total. The molecular formula is C12H18ClN3O2S. The largest absolute Gasteiger partial charge is 0.378 e. The van der Waals surface area contributed by atoms with Gasteiger partial charge in [-0.05, 0) is 18.8 Å². The molecule has 0 radical (unpaired) electrons. The summed E-state index contributed by atoms with van der Waals surface area (Å²) in [5, 5.41) is 7.35. The second kappa shape index (κ2) is 6.52. The SMILES string of the molecule is CCS(=O)CCNc1c(Cl)cnn(CC2CC2)c1=O. The number of hydrogen-bond acceptors (Lipinski definition) is 4. The zero-order chi connectivity index (χ0) is 13.8. The van der Waals surface area contributed by atoms with Crippen molar-refractivity contribution in [2.45, 2.75) is 26.3 Å². The predicted molar refractivity (Wildman–Crippen MR) is 78.3 cm³/mol. The molecule has 1 unspecified atom stereocenters. The molecule has 1 aliphatic carbocycles.